The number of hydrogen-bond acceptors (Lipinski definition) is 4. The van der Waals surface area contributed by atoms with Gasteiger partial charge >= 0.3 is 0 Å². The van der Waals surface area contributed by atoms with Crippen LogP contribution in [0.1, 0.15) is 68.6 Å². The Morgan fingerprint density at radius 3 is 2.06 bits per heavy atom. The molecule has 2 aromatic carbocycles. The van der Waals surface area contributed by atoms with Gasteiger partial charge < -0.3 is 5.11 Å². The predicted octanol–water partition coefficient (Wildman–Crippen LogP) is 4.40. The standard InChI is InChI=1S/C25H32N4O2/c1-24(2,3)19-12-18(13-20(22(19)31)25(4,5)6)21(30)15-29-23(26)27-16-28(29)14-17-10-8-7-9-11-17/h7-13,16,26,31H,14-15H2,1-6H3. The number of hydrogen-bond donors (Lipinski definition) is 2. The molecule has 0 saturated carbocycles. The molecule has 0 aliphatic carbocycles. The van der Waals surface area contributed by atoms with E-state index in [9.17, 15) is 9.90 Å². The fourth-order valence-corrected chi connectivity index (χ4v) is 3.60. The van der Waals surface area contributed by atoms with Crippen molar-refractivity contribution in [1.82, 2.24) is 14.3 Å². The molecule has 3 rings (SSSR count). The first-order valence-corrected chi connectivity index (χ1v) is 10.5. The summed E-state index contributed by atoms with van der Waals surface area (Å²) in [5.74, 6) is 0.129. The van der Waals surface area contributed by atoms with Crippen molar-refractivity contribution in [1.29, 1.82) is 5.41 Å². The molecule has 0 fully saturated rings. The zero-order chi connectivity index (χ0) is 23.0. The van der Waals surface area contributed by atoms with Gasteiger partial charge in [0.25, 0.3) is 0 Å². The summed E-state index contributed by atoms with van der Waals surface area (Å²) in [6, 6.07) is 13.4. The molecule has 0 amide bonds. The van der Waals surface area contributed by atoms with Gasteiger partial charge in [-0.25, -0.2) is 9.67 Å². The number of nitrogens with zero attached hydrogens (tertiary/aromatic N) is 3. The van der Waals surface area contributed by atoms with Gasteiger partial charge in [-0.2, -0.15) is 0 Å². The van der Waals surface area contributed by atoms with Crippen LogP contribution in [0.5, 0.6) is 5.75 Å². The summed E-state index contributed by atoms with van der Waals surface area (Å²) in [4.78, 5) is 17.4. The van der Waals surface area contributed by atoms with Crippen LogP contribution in [0.15, 0.2) is 48.8 Å². The zero-order valence-electron chi connectivity index (χ0n) is 19.2. The van der Waals surface area contributed by atoms with Gasteiger partial charge in [0.05, 0.1) is 6.54 Å². The van der Waals surface area contributed by atoms with E-state index in [-0.39, 0.29) is 34.5 Å². The van der Waals surface area contributed by atoms with Crippen LogP contribution in [0, 0.1) is 5.41 Å². The van der Waals surface area contributed by atoms with Gasteiger partial charge in [-0.3, -0.25) is 14.9 Å². The fourth-order valence-electron chi connectivity index (χ4n) is 3.60. The molecule has 0 aliphatic heterocycles. The fraction of sp³-hybridized carbons (Fsp3) is 0.400. The molecule has 0 radical (unpaired) electrons. The molecule has 3 aromatic rings. The molecule has 0 aliphatic rings. The quantitative estimate of drug-likeness (QED) is 0.600. The van der Waals surface area contributed by atoms with Crippen LogP contribution in [0.4, 0.5) is 0 Å². The second-order valence-electron chi connectivity index (χ2n) is 10.1. The number of rotatable bonds is 5. The Morgan fingerprint density at radius 2 is 1.55 bits per heavy atom. The van der Waals surface area contributed by atoms with Gasteiger partial charge in [0, 0.05) is 16.7 Å². The highest BCUT2D eigenvalue weighted by Crippen LogP contribution is 2.39. The first-order chi connectivity index (χ1) is 14.4. The van der Waals surface area contributed by atoms with Crippen LogP contribution in [-0.4, -0.2) is 25.2 Å². The summed E-state index contributed by atoms with van der Waals surface area (Å²) < 4.78 is 3.36. The van der Waals surface area contributed by atoms with E-state index in [1.807, 2.05) is 71.9 Å². The summed E-state index contributed by atoms with van der Waals surface area (Å²) in [5.41, 5.74) is 2.50. The maximum atomic E-state index is 13.3. The smallest absolute Gasteiger partial charge is 0.238 e. The second-order valence-corrected chi connectivity index (χ2v) is 10.1. The minimum Gasteiger partial charge on any atom is -0.507 e. The van der Waals surface area contributed by atoms with Gasteiger partial charge in [0.2, 0.25) is 5.62 Å². The number of benzene rings is 2. The van der Waals surface area contributed by atoms with Crippen molar-refractivity contribution in [3.8, 4) is 5.75 Å². The van der Waals surface area contributed by atoms with Crippen LogP contribution < -0.4 is 5.62 Å². The summed E-state index contributed by atoms with van der Waals surface area (Å²) >= 11 is 0. The Bertz CT molecular complexity index is 1110. The third-order valence-electron chi connectivity index (χ3n) is 5.40. The summed E-state index contributed by atoms with van der Waals surface area (Å²) in [6.07, 6.45) is 1.58. The second kappa shape index (κ2) is 8.17. The van der Waals surface area contributed by atoms with Crippen LogP contribution in [0.25, 0.3) is 0 Å². The SMILES string of the molecule is CC(C)(C)c1cc(C(=O)Cn2c(=N)ncn2Cc2ccccc2)cc(C(C)(C)C)c1O. The molecule has 0 bridgehead atoms. The largest absolute Gasteiger partial charge is 0.507 e. The zero-order valence-corrected chi connectivity index (χ0v) is 19.2. The summed E-state index contributed by atoms with van der Waals surface area (Å²) in [7, 11) is 0. The first kappa shape index (κ1) is 22.5. The number of phenols is 1. The normalized spacial score (nSPS) is 12.2. The molecular weight excluding hydrogens is 388 g/mol. The van der Waals surface area contributed by atoms with E-state index in [2.05, 4.69) is 4.98 Å². The Balaban J connectivity index is 2.00. The van der Waals surface area contributed by atoms with Crippen molar-refractivity contribution in [2.24, 2.45) is 0 Å². The van der Waals surface area contributed by atoms with Crippen molar-refractivity contribution < 1.29 is 9.90 Å². The highest BCUT2D eigenvalue weighted by atomic mass is 16.3. The number of ketones is 1. The molecule has 0 atom stereocenters. The predicted molar refractivity (Wildman–Crippen MR) is 121 cm³/mol. The molecule has 6 heteroatoms. The van der Waals surface area contributed by atoms with Crippen LogP contribution in [-0.2, 0) is 23.9 Å². The van der Waals surface area contributed by atoms with Crippen molar-refractivity contribution >= 4 is 5.78 Å². The van der Waals surface area contributed by atoms with E-state index < -0.39 is 0 Å². The monoisotopic (exact) mass is 420 g/mol. The molecule has 164 valence electrons. The minimum atomic E-state index is -0.316. The van der Waals surface area contributed by atoms with Crippen LogP contribution in [0.2, 0.25) is 0 Å². The first-order valence-electron chi connectivity index (χ1n) is 10.5. The molecule has 6 nitrogen and oxygen atoms in total. The molecule has 31 heavy (non-hydrogen) atoms. The van der Waals surface area contributed by atoms with Gasteiger partial charge in [-0.05, 0) is 28.5 Å². The van der Waals surface area contributed by atoms with Gasteiger partial charge in [-0.15, -0.1) is 0 Å². The maximum absolute atomic E-state index is 13.3. The highest BCUT2D eigenvalue weighted by Gasteiger charge is 2.28. The van der Waals surface area contributed by atoms with E-state index in [1.54, 1.807) is 27.8 Å². The van der Waals surface area contributed by atoms with Gasteiger partial charge in [-0.1, -0.05) is 71.9 Å². The molecule has 0 spiro atoms. The molecule has 0 saturated heterocycles. The summed E-state index contributed by atoms with van der Waals surface area (Å²) in [6.45, 7) is 12.7. The number of carbonyl (C=O) groups excluding carboxylic acids is 1. The van der Waals surface area contributed by atoms with E-state index in [0.717, 1.165) is 16.7 Å². The summed E-state index contributed by atoms with van der Waals surface area (Å²) in [5, 5.41) is 19.1. The molecular formula is C25H32N4O2. The Labute approximate surface area is 183 Å². The number of Topliss-reactive ketones (excluding diaryl/α,β-unsaturated/α-hetero) is 1. The minimum absolute atomic E-state index is 0.00358. The maximum Gasteiger partial charge on any atom is 0.238 e. The van der Waals surface area contributed by atoms with E-state index in [0.29, 0.717) is 12.1 Å². The third kappa shape index (κ3) is 4.95. The molecule has 1 heterocycles. The lowest BCUT2D eigenvalue weighted by Crippen LogP contribution is -2.28. The average molecular weight is 421 g/mol. The number of nitrogens with one attached hydrogen (secondary N) is 1. The molecule has 2 N–H and O–H groups in total. The Morgan fingerprint density at radius 1 is 1.00 bits per heavy atom. The number of aromatic nitrogens is 3. The highest BCUT2D eigenvalue weighted by molar-refractivity contribution is 5.96. The van der Waals surface area contributed by atoms with Gasteiger partial charge in [0.1, 0.15) is 18.6 Å². The lowest BCUT2D eigenvalue weighted by Gasteiger charge is -2.28. The lowest BCUT2D eigenvalue weighted by atomic mass is 9.78. The average Bonchev–Trinajstić information content (AvgIpc) is 3.00. The Kier molecular flexibility index (Phi) is 5.94. The van der Waals surface area contributed by atoms with Crippen molar-refractivity contribution in [3.63, 3.8) is 0 Å². The van der Waals surface area contributed by atoms with E-state index in [4.69, 9.17) is 5.41 Å². The van der Waals surface area contributed by atoms with E-state index >= 15 is 0 Å². The lowest BCUT2D eigenvalue weighted by molar-refractivity contribution is 0.0959. The molecule has 1 aromatic heterocycles. The van der Waals surface area contributed by atoms with Gasteiger partial charge in [0.15, 0.2) is 5.78 Å². The Hall–Kier alpha value is -3.15. The van der Waals surface area contributed by atoms with Crippen molar-refractivity contribution in [2.75, 3.05) is 0 Å². The number of carbonyl (C=O) groups is 1. The van der Waals surface area contributed by atoms with Crippen LogP contribution in [0.3, 0.4) is 0 Å². The number of aromatic hydroxyl groups is 1. The molecule has 0 unspecified atom stereocenters. The van der Waals surface area contributed by atoms with Crippen molar-refractivity contribution in [2.45, 2.75) is 65.5 Å². The third-order valence-corrected chi connectivity index (χ3v) is 5.40. The van der Waals surface area contributed by atoms with Crippen LogP contribution >= 0.6 is 0 Å². The van der Waals surface area contributed by atoms with E-state index in [1.165, 1.54) is 0 Å². The van der Waals surface area contributed by atoms with Crippen molar-refractivity contribution in [3.05, 3.63) is 76.7 Å². The number of phenolic OH excluding ortho intramolecular Hbond substituents is 1. The topological polar surface area (TPSA) is 83.9 Å².